The van der Waals surface area contributed by atoms with E-state index in [1.165, 1.54) is 0 Å². The van der Waals surface area contributed by atoms with Crippen LogP contribution >= 0.6 is 22.7 Å². The van der Waals surface area contributed by atoms with Crippen molar-refractivity contribution in [3.8, 4) is 11.5 Å². The molecule has 3 aromatic heterocycles. The highest BCUT2D eigenvalue weighted by atomic mass is 32.1. The van der Waals surface area contributed by atoms with Gasteiger partial charge in [-0.25, -0.2) is 4.68 Å². The van der Waals surface area contributed by atoms with Gasteiger partial charge in [-0.05, 0) is 35.9 Å². The fourth-order valence-corrected chi connectivity index (χ4v) is 3.21. The van der Waals surface area contributed by atoms with E-state index >= 15 is 0 Å². The normalized spacial score (nSPS) is 12.6. The second kappa shape index (κ2) is 6.02. The maximum absolute atomic E-state index is 5.46. The molecular formula is C14H13N3OS2. The predicted octanol–water partition coefficient (Wildman–Crippen LogP) is 3.67. The van der Waals surface area contributed by atoms with Crippen molar-refractivity contribution in [1.29, 1.82) is 0 Å². The Hall–Kier alpha value is -1.92. The Balaban J connectivity index is 2.07. The first kappa shape index (κ1) is 13.1. The Kier molecular flexibility index (Phi) is 3.94. The molecule has 0 unspecified atom stereocenters. The molecule has 0 spiro atoms. The SMILES string of the molecule is CCN=c1scc(-c2ccco2)n1/N=C\c1ccsc1. The van der Waals surface area contributed by atoms with E-state index in [-0.39, 0.29) is 0 Å². The van der Waals surface area contributed by atoms with E-state index in [4.69, 9.17) is 4.42 Å². The zero-order chi connectivity index (χ0) is 13.8. The molecule has 3 heterocycles. The van der Waals surface area contributed by atoms with Crippen molar-refractivity contribution in [2.45, 2.75) is 6.92 Å². The standard InChI is InChI=1S/C14H13N3OS2/c1-2-15-14-17(16-8-11-5-7-19-9-11)12(10-20-14)13-4-3-6-18-13/h3-10H,2H2,1H3/b15-14?,16-8-. The van der Waals surface area contributed by atoms with Crippen LogP contribution in [0.15, 0.2) is 55.1 Å². The van der Waals surface area contributed by atoms with Gasteiger partial charge in [0.05, 0.1) is 12.5 Å². The van der Waals surface area contributed by atoms with Crippen LogP contribution in [0.3, 0.4) is 0 Å². The van der Waals surface area contributed by atoms with Crippen LogP contribution in [0.4, 0.5) is 0 Å². The van der Waals surface area contributed by atoms with E-state index in [0.717, 1.165) is 28.4 Å². The van der Waals surface area contributed by atoms with Gasteiger partial charge in [0.2, 0.25) is 4.80 Å². The third-order valence-corrected chi connectivity index (χ3v) is 4.17. The van der Waals surface area contributed by atoms with Gasteiger partial charge in [-0.15, -0.1) is 11.3 Å². The van der Waals surface area contributed by atoms with Crippen LogP contribution in [0.2, 0.25) is 0 Å². The summed E-state index contributed by atoms with van der Waals surface area (Å²) < 4.78 is 7.29. The van der Waals surface area contributed by atoms with Crippen LogP contribution in [0, 0.1) is 0 Å². The molecule has 0 fully saturated rings. The van der Waals surface area contributed by atoms with E-state index in [1.54, 1.807) is 28.9 Å². The monoisotopic (exact) mass is 303 g/mol. The van der Waals surface area contributed by atoms with Gasteiger partial charge < -0.3 is 4.42 Å². The molecule has 3 aromatic rings. The first-order chi connectivity index (χ1) is 9.88. The highest BCUT2D eigenvalue weighted by molar-refractivity contribution is 7.08. The number of aromatic nitrogens is 1. The average Bonchev–Trinajstić information content (AvgIpc) is 3.19. The van der Waals surface area contributed by atoms with Crippen molar-refractivity contribution in [3.63, 3.8) is 0 Å². The Morgan fingerprint density at radius 2 is 2.30 bits per heavy atom. The van der Waals surface area contributed by atoms with Crippen molar-refractivity contribution in [1.82, 2.24) is 4.68 Å². The van der Waals surface area contributed by atoms with Gasteiger partial charge in [-0.3, -0.25) is 4.99 Å². The largest absolute Gasteiger partial charge is 0.463 e. The third kappa shape index (κ3) is 2.66. The molecule has 0 aromatic carbocycles. The average molecular weight is 303 g/mol. The second-order valence-electron chi connectivity index (χ2n) is 3.97. The van der Waals surface area contributed by atoms with Gasteiger partial charge in [0.1, 0.15) is 5.69 Å². The quantitative estimate of drug-likeness (QED) is 0.678. The summed E-state index contributed by atoms with van der Waals surface area (Å²) in [7, 11) is 0. The highest BCUT2D eigenvalue weighted by Crippen LogP contribution is 2.20. The van der Waals surface area contributed by atoms with Crippen molar-refractivity contribution >= 4 is 28.9 Å². The Labute approximate surface area is 124 Å². The van der Waals surface area contributed by atoms with Gasteiger partial charge in [0.15, 0.2) is 5.76 Å². The summed E-state index contributed by atoms with van der Waals surface area (Å²) in [5.41, 5.74) is 2.00. The van der Waals surface area contributed by atoms with Gasteiger partial charge in [0.25, 0.3) is 0 Å². The molecule has 6 heteroatoms. The molecular weight excluding hydrogens is 290 g/mol. The Bertz CT molecular complexity index is 749. The van der Waals surface area contributed by atoms with E-state index in [9.17, 15) is 0 Å². The lowest BCUT2D eigenvalue weighted by molar-refractivity contribution is 0.575. The molecule has 0 saturated heterocycles. The van der Waals surface area contributed by atoms with E-state index in [2.05, 4.69) is 15.5 Å². The first-order valence-corrected chi connectivity index (χ1v) is 8.02. The number of hydrogen-bond acceptors (Lipinski definition) is 5. The smallest absolute Gasteiger partial charge is 0.206 e. The van der Waals surface area contributed by atoms with Gasteiger partial charge in [-0.2, -0.15) is 16.4 Å². The molecule has 0 N–H and O–H groups in total. The molecule has 0 radical (unpaired) electrons. The third-order valence-electron chi connectivity index (χ3n) is 2.62. The van der Waals surface area contributed by atoms with Crippen molar-refractivity contribution in [2.75, 3.05) is 6.54 Å². The lowest BCUT2D eigenvalue weighted by Crippen LogP contribution is -2.12. The lowest BCUT2D eigenvalue weighted by Gasteiger charge is -1.99. The molecule has 0 aliphatic rings. The van der Waals surface area contributed by atoms with E-state index < -0.39 is 0 Å². The molecule has 0 saturated carbocycles. The minimum Gasteiger partial charge on any atom is -0.463 e. The summed E-state index contributed by atoms with van der Waals surface area (Å²) in [5, 5.41) is 10.6. The fourth-order valence-electron chi connectivity index (χ4n) is 1.72. The lowest BCUT2D eigenvalue weighted by atomic mass is 10.4. The van der Waals surface area contributed by atoms with Crippen LogP contribution in [-0.4, -0.2) is 17.4 Å². The van der Waals surface area contributed by atoms with Crippen molar-refractivity contribution in [3.05, 3.63) is 51.0 Å². The molecule has 0 amide bonds. The van der Waals surface area contributed by atoms with Gasteiger partial charge in [-0.1, -0.05) is 0 Å². The van der Waals surface area contributed by atoms with Gasteiger partial charge >= 0.3 is 0 Å². The molecule has 4 nitrogen and oxygen atoms in total. The Morgan fingerprint density at radius 1 is 1.35 bits per heavy atom. The highest BCUT2D eigenvalue weighted by Gasteiger charge is 2.09. The number of thiophene rings is 1. The summed E-state index contributed by atoms with van der Waals surface area (Å²) in [6.45, 7) is 2.74. The number of hydrogen-bond donors (Lipinski definition) is 0. The summed E-state index contributed by atoms with van der Waals surface area (Å²) in [5.74, 6) is 0.793. The zero-order valence-electron chi connectivity index (χ0n) is 10.9. The van der Waals surface area contributed by atoms with Crippen LogP contribution in [0.1, 0.15) is 12.5 Å². The summed E-state index contributed by atoms with van der Waals surface area (Å²) in [6, 6.07) is 5.83. The molecule has 0 aliphatic carbocycles. The van der Waals surface area contributed by atoms with Crippen LogP contribution < -0.4 is 4.80 Å². The van der Waals surface area contributed by atoms with Crippen LogP contribution in [0.5, 0.6) is 0 Å². The van der Waals surface area contributed by atoms with Crippen molar-refractivity contribution in [2.24, 2.45) is 10.1 Å². The number of furan rings is 1. The minimum atomic E-state index is 0.728. The Morgan fingerprint density at radius 3 is 3.00 bits per heavy atom. The number of nitrogens with zero attached hydrogens (tertiary/aromatic N) is 3. The van der Waals surface area contributed by atoms with Gasteiger partial charge in [0, 0.05) is 17.5 Å². The maximum atomic E-state index is 5.46. The van der Waals surface area contributed by atoms with Crippen LogP contribution in [-0.2, 0) is 0 Å². The summed E-state index contributed by atoms with van der Waals surface area (Å²) in [4.78, 5) is 5.33. The van der Waals surface area contributed by atoms with E-state index in [0.29, 0.717) is 0 Å². The summed E-state index contributed by atoms with van der Waals surface area (Å²) >= 11 is 3.21. The molecule has 3 rings (SSSR count). The maximum Gasteiger partial charge on any atom is 0.206 e. The minimum absolute atomic E-state index is 0.728. The molecule has 0 bridgehead atoms. The first-order valence-electron chi connectivity index (χ1n) is 6.20. The van der Waals surface area contributed by atoms with Crippen molar-refractivity contribution < 1.29 is 4.42 Å². The molecule has 102 valence electrons. The topological polar surface area (TPSA) is 42.8 Å². The number of thiazole rings is 1. The molecule has 0 atom stereocenters. The fraction of sp³-hybridized carbons (Fsp3) is 0.143. The zero-order valence-corrected chi connectivity index (χ0v) is 12.5. The predicted molar refractivity (Wildman–Crippen MR) is 83.4 cm³/mol. The number of rotatable bonds is 4. The second-order valence-corrected chi connectivity index (χ2v) is 5.58. The van der Waals surface area contributed by atoms with Crippen LogP contribution in [0.25, 0.3) is 11.5 Å². The van der Waals surface area contributed by atoms with E-state index in [1.807, 2.05) is 46.8 Å². The molecule has 0 aliphatic heterocycles. The summed E-state index contributed by atoms with van der Waals surface area (Å²) in [6.07, 6.45) is 3.50. The molecule has 20 heavy (non-hydrogen) atoms.